The van der Waals surface area contributed by atoms with Gasteiger partial charge in [-0.1, -0.05) is 60.7 Å². The van der Waals surface area contributed by atoms with Crippen molar-refractivity contribution in [1.82, 2.24) is 9.97 Å². The van der Waals surface area contributed by atoms with Gasteiger partial charge in [0.25, 0.3) is 0 Å². The number of aliphatic hydroxyl groups is 1. The lowest BCUT2D eigenvalue weighted by atomic mass is 9.83. The molecule has 0 fully saturated rings. The Hall–Kier alpha value is -2.52. The molecule has 2 aromatic carbocycles. The lowest BCUT2D eigenvalue weighted by molar-refractivity contribution is 0.0799. The van der Waals surface area contributed by atoms with E-state index in [4.69, 9.17) is 0 Å². The van der Waals surface area contributed by atoms with Gasteiger partial charge in [-0.3, -0.25) is 9.97 Å². The van der Waals surface area contributed by atoms with Crippen LogP contribution < -0.4 is 0 Å². The smallest absolute Gasteiger partial charge is 0.120 e. The van der Waals surface area contributed by atoms with Crippen LogP contribution in [0.5, 0.6) is 0 Å². The third-order valence-electron chi connectivity index (χ3n) is 3.56. The Labute approximate surface area is 124 Å². The molecule has 0 spiro atoms. The lowest BCUT2D eigenvalue weighted by Crippen LogP contribution is -2.30. The van der Waals surface area contributed by atoms with Crippen molar-refractivity contribution in [3.63, 3.8) is 0 Å². The van der Waals surface area contributed by atoms with Gasteiger partial charge in [0, 0.05) is 25.0 Å². The van der Waals surface area contributed by atoms with Crippen LogP contribution in [0.4, 0.5) is 0 Å². The second kappa shape index (κ2) is 5.85. The van der Waals surface area contributed by atoms with Crippen LogP contribution >= 0.6 is 0 Å². The van der Waals surface area contributed by atoms with E-state index in [0.717, 1.165) is 16.8 Å². The Morgan fingerprint density at radius 3 is 1.86 bits per heavy atom. The second-order valence-corrected chi connectivity index (χ2v) is 4.97. The molecule has 3 nitrogen and oxygen atoms in total. The first-order valence-corrected chi connectivity index (χ1v) is 6.87. The molecule has 1 heterocycles. The minimum atomic E-state index is -1.11. The number of nitrogens with zero attached hydrogens (tertiary/aromatic N) is 2. The Morgan fingerprint density at radius 1 is 0.810 bits per heavy atom. The molecule has 0 saturated heterocycles. The maximum absolute atomic E-state index is 11.3. The fourth-order valence-electron chi connectivity index (χ4n) is 2.48. The van der Waals surface area contributed by atoms with Gasteiger partial charge < -0.3 is 5.11 Å². The van der Waals surface area contributed by atoms with Crippen molar-refractivity contribution in [1.29, 1.82) is 0 Å². The highest BCUT2D eigenvalue weighted by atomic mass is 16.3. The minimum Gasteiger partial charge on any atom is -0.380 e. The van der Waals surface area contributed by atoms with Crippen LogP contribution in [0.15, 0.2) is 79.3 Å². The zero-order chi connectivity index (χ0) is 14.5. The average Bonchev–Trinajstić information content (AvgIpc) is 2.57. The maximum Gasteiger partial charge on any atom is 0.120 e. The maximum atomic E-state index is 11.3. The summed E-state index contributed by atoms with van der Waals surface area (Å²) in [6.07, 6.45) is 5.35. The molecule has 0 aliphatic rings. The van der Waals surface area contributed by atoms with E-state index >= 15 is 0 Å². The molecule has 3 aromatic rings. The summed E-state index contributed by atoms with van der Waals surface area (Å²) in [5.74, 6) is 0. The number of aromatic nitrogens is 2. The number of hydrogen-bond acceptors (Lipinski definition) is 3. The molecule has 0 unspecified atom stereocenters. The van der Waals surface area contributed by atoms with Crippen molar-refractivity contribution in [2.24, 2.45) is 0 Å². The largest absolute Gasteiger partial charge is 0.380 e. The summed E-state index contributed by atoms with van der Waals surface area (Å²) in [7, 11) is 0. The summed E-state index contributed by atoms with van der Waals surface area (Å²) in [4.78, 5) is 8.37. The Kier molecular flexibility index (Phi) is 3.75. The SMILES string of the molecule is OC(Cc1cnccn1)(c1ccccc1)c1ccccc1. The number of benzene rings is 2. The van der Waals surface area contributed by atoms with E-state index in [9.17, 15) is 5.11 Å². The Bertz CT molecular complexity index is 645. The van der Waals surface area contributed by atoms with Gasteiger partial charge in [0.05, 0.1) is 5.69 Å². The minimum absolute atomic E-state index is 0.384. The molecule has 0 atom stereocenters. The van der Waals surface area contributed by atoms with Gasteiger partial charge >= 0.3 is 0 Å². The van der Waals surface area contributed by atoms with Crippen molar-refractivity contribution in [3.05, 3.63) is 96.1 Å². The Balaban J connectivity index is 2.07. The molecular formula is C18H16N2O. The van der Waals surface area contributed by atoms with E-state index in [1.54, 1.807) is 18.6 Å². The zero-order valence-electron chi connectivity index (χ0n) is 11.6. The van der Waals surface area contributed by atoms with Gasteiger partial charge in [0.1, 0.15) is 5.60 Å². The van der Waals surface area contributed by atoms with E-state index in [1.165, 1.54) is 0 Å². The first-order valence-electron chi connectivity index (χ1n) is 6.87. The monoisotopic (exact) mass is 276 g/mol. The summed E-state index contributed by atoms with van der Waals surface area (Å²) < 4.78 is 0. The van der Waals surface area contributed by atoms with Gasteiger partial charge in [-0.05, 0) is 11.1 Å². The van der Waals surface area contributed by atoms with Crippen molar-refractivity contribution in [2.45, 2.75) is 12.0 Å². The van der Waals surface area contributed by atoms with E-state index in [0.29, 0.717) is 6.42 Å². The Morgan fingerprint density at radius 2 is 1.38 bits per heavy atom. The molecule has 3 heteroatoms. The average molecular weight is 276 g/mol. The molecule has 0 aliphatic carbocycles. The van der Waals surface area contributed by atoms with Crippen LogP contribution in [0.25, 0.3) is 0 Å². The van der Waals surface area contributed by atoms with Gasteiger partial charge in [0.2, 0.25) is 0 Å². The topological polar surface area (TPSA) is 46.0 Å². The molecule has 3 rings (SSSR count). The van der Waals surface area contributed by atoms with Crippen LogP contribution in [0.1, 0.15) is 16.8 Å². The molecule has 0 saturated carbocycles. The summed E-state index contributed by atoms with van der Waals surface area (Å²) >= 11 is 0. The fourth-order valence-corrected chi connectivity index (χ4v) is 2.48. The number of hydrogen-bond donors (Lipinski definition) is 1. The van der Waals surface area contributed by atoms with Crippen molar-refractivity contribution in [2.75, 3.05) is 0 Å². The first kappa shape index (κ1) is 13.5. The normalized spacial score (nSPS) is 11.3. The van der Waals surface area contributed by atoms with Gasteiger partial charge in [-0.25, -0.2) is 0 Å². The van der Waals surface area contributed by atoms with Gasteiger partial charge in [0.15, 0.2) is 0 Å². The third-order valence-corrected chi connectivity index (χ3v) is 3.56. The molecule has 21 heavy (non-hydrogen) atoms. The highest BCUT2D eigenvalue weighted by Crippen LogP contribution is 2.32. The summed E-state index contributed by atoms with van der Waals surface area (Å²) in [6, 6.07) is 19.3. The van der Waals surface area contributed by atoms with Gasteiger partial charge in [-0.2, -0.15) is 0 Å². The predicted octanol–water partition coefficient (Wildman–Crippen LogP) is 2.96. The lowest BCUT2D eigenvalue weighted by Gasteiger charge is -2.29. The molecular weight excluding hydrogens is 260 g/mol. The molecule has 0 amide bonds. The van der Waals surface area contributed by atoms with Crippen LogP contribution in [-0.2, 0) is 12.0 Å². The molecule has 104 valence electrons. The standard InChI is InChI=1S/C18H16N2O/c21-18(15-7-3-1-4-8-15,16-9-5-2-6-10-16)13-17-14-19-11-12-20-17/h1-12,14,21H,13H2. The van der Waals surface area contributed by atoms with Crippen molar-refractivity contribution < 1.29 is 5.11 Å². The summed E-state index contributed by atoms with van der Waals surface area (Å²) in [5.41, 5.74) is 1.34. The third kappa shape index (κ3) is 2.83. The quantitative estimate of drug-likeness (QED) is 0.797. The fraction of sp³-hybridized carbons (Fsp3) is 0.111. The highest BCUT2D eigenvalue weighted by Gasteiger charge is 2.32. The van der Waals surface area contributed by atoms with Crippen LogP contribution in [-0.4, -0.2) is 15.1 Å². The summed E-state index contributed by atoms with van der Waals surface area (Å²) in [5, 5.41) is 11.3. The van der Waals surface area contributed by atoms with Gasteiger partial charge in [-0.15, -0.1) is 0 Å². The highest BCUT2D eigenvalue weighted by molar-refractivity contribution is 5.37. The molecule has 0 radical (unpaired) electrons. The molecule has 1 N–H and O–H groups in total. The molecule has 0 bridgehead atoms. The van der Waals surface area contributed by atoms with Crippen LogP contribution in [0, 0.1) is 0 Å². The van der Waals surface area contributed by atoms with Crippen LogP contribution in [0.2, 0.25) is 0 Å². The van der Waals surface area contributed by atoms with Crippen molar-refractivity contribution >= 4 is 0 Å². The summed E-state index contributed by atoms with van der Waals surface area (Å²) in [6.45, 7) is 0. The molecule has 0 aliphatic heterocycles. The van der Waals surface area contributed by atoms with E-state index in [-0.39, 0.29) is 0 Å². The van der Waals surface area contributed by atoms with E-state index in [2.05, 4.69) is 9.97 Å². The zero-order valence-corrected chi connectivity index (χ0v) is 11.6. The van der Waals surface area contributed by atoms with Crippen LogP contribution in [0.3, 0.4) is 0 Å². The van der Waals surface area contributed by atoms with E-state index in [1.807, 2.05) is 60.7 Å². The second-order valence-electron chi connectivity index (χ2n) is 4.97. The molecule has 1 aromatic heterocycles. The predicted molar refractivity (Wildman–Crippen MR) is 81.6 cm³/mol. The first-order chi connectivity index (χ1) is 10.3. The van der Waals surface area contributed by atoms with Crippen molar-refractivity contribution in [3.8, 4) is 0 Å². The van der Waals surface area contributed by atoms with E-state index < -0.39 is 5.60 Å². The number of rotatable bonds is 4.